The molecule has 2 saturated heterocycles. The van der Waals surface area contributed by atoms with E-state index < -0.39 is 11.8 Å². The summed E-state index contributed by atoms with van der Waals surface area (Å²) in [5.41, 5.74) is 1.32. The third-order valence-corrected chi connectivity index (χ3v) is 9.33. The van der Waals surface area contributed by atoms with Crippen LogP contribution in [0.2, 0.25) is 0 Å². The fraction of sp³-hybridized carbons (Fsp3) is 0.545. The topological polar surface area (TPSA) is 108 Å². The van der Waals surface area contributed by atoms with Crippen LogP contribution in [0.15, 0.2) is 40.8 Å². The van der Waals surface area contributed by atoms with Gasteiger partial charge >= 0.3 is 5.97 Å². The number of carbonyl (C=O) groups excluding carboxylic acids is 1. The number of aromatic nitrogens is 1. The van der Waals surface area contributed by atoms with Crippen LogP contribution in [0.4, 0.5) is 20.5 Å². The van der Waals surface area contributed by atoms with Crippen LogP contribution in [0.3, 0.4) is 0 Å². The summed E-state index contributed by atoms with van der Waals surface area (Å²) in [6, 6.07) is 8.70. The van der Waals surface area contributed by atoms with Crippen molar-refractivity contribution in [2.75, 3.05) is 31.6 Å². The number of benzene rings is 2. The van der Waals surface area contributed by atoms with E-state index in [0.717, 1.165) is 32.5 Å². The minimum absolute atomic E-state index is 0.00404. The van der Waals surface area contributed by atoms with Gasteiger partial charge in [-0.2, -0.15) is 4.98 Å². The molecule has 2 atom stereocenters. The molecular formula is C33H40F2N4O5. The highest BCUT2D eigenvalue weighted by Gasteiger charge is 2.38. The van der Waals surface area contributed by atoms with E-state index in [9.17, 15) is 19.1 Å². The van der Waals surface area contributed by atoms with Gasteiger partial charge in [0, 0.05) is 18.3 Å². The van der Waals surface area contributed by atoms with E-state index in [1.165, 1.54) is 49.6 Å². The molecule has 3 heterocycles. The summed E-state index contributed by atoms with van der Waals surface area (Å²) in [5, 5.41) is 12.2. The predicted molar refractivity (Wildman–Crippen MR) is 161 cm³/mol. The molecule has 2 N–H and O–H groups in total. The molecule has 44 heavy (non-hydrogen) atoms. The molecule has 0 spiro atoms. The largest absolute Gasteiger partial charge is 0.481 e. The number of piperidine rings is 1. The van der Waals surface area contributed by atoms with E-state index in [1.54, 1.807) is 6.07 Å². The Labute approximate surface area is 255 Å². The first-order valence-corrected chi connectivity index (χ1v) is 15.8. The standard InChI is InChI=1S/C33H40F2N4O5/c34-23-6-8-24(9-7-23)36-33-37-31-28(35)16-21(17-29(31)44-33)18-30(40)39-25(19-38-14-2-1-3-15-38)10-11-26(39)20-43-27-12-4-22(5-13-27)32(41)42/h6-9,16-17,22,25-27H,1-5,10-15,18-20H2,(H,36,37)(H,41,42)/t22?,25-,26-,27?/m0/s1. The highest BCUT2D eigenvalue weighted by molar-refractivity contribution is 5.83. The number of nitrogens with one attached hydrogen (secondary N) is 1. The first-order chi connectivity index (χ1) is 21.3. The number of ether oxygens (including phenoxy) is 1. The molecule has 2 aliphatic heterocycles. The molecule has 1 saturated carbocycles. The maximum absolute atomic E-state index is 15.2. The average molecular weight is 611 g/mol. The predicted octanol–water partition coefficient (Wildman–Crippen LogP) is 5.90. The van der Waals surface area contributed by atoms with E-state index in [4.69, 9.17) is 9.15 Å². The van der Waals surface area contributed by atoms with Gasteiger partial charge < -0.3 is 29.4 Å². The van der Waals surface area contributed by atoms with Crippen molar-refractivity contribution >= 4 is 34.7 Å². The van der Waals surface area contributed by atoms with E-state index in [2.05, 4.69) is 15.2 Å². The van der Waals surface area contributed by atoms with Crippen LogP contribution in [0.1, 0.15) is 63.4 Å². The van der Waals surface area contributed by atoms with E-state index in [-0.39, 0.29) is 59.4 Å². The Balaban J connectivity index is 1.15. The molecule has 3 aromatic rings. The normalized spacial score (nSPS) is 24.5. The van der Waals surface area contributed by atoms with Crippen LogP contribution >= 0.6 is 0 Å². The number of hydrogen-bond donors (Lipinski definition) is 2. The van der Waals surface area contributed by atoms with Crippen molar-refractivity contribution < 1.29 is 32.6 Å². The third-order valence-electron chi connectivity index (χ3n) is 9.33. The molecule has 2 aromatic carbocycles. The molecule has 236 valence electrons. The van der Waals surface area contributed by atoms with Crippen LogP contribution in [-0.4, -0.2) is 76.2 Å². The quantitative estimate of drug-likeness (QED) is 0.292. The van der Waals surface area contributed by atoms with Crippen molar-refractivity contribution in [3.8, 4) is 0 Å². The number of carboxylic acid groups (broad SMARTS) is 1. The minimum atomic E-state index is -0.739. The number of anilines is 2. The number of nitrogens with zero attached hydrogens (tertiary/aromatic N) is 3. The summed E-state index contributed by atoms with van der Waals surface area (Å²) >= 11 is 0. The molecule has 0 bridgehead atoms. The lowest BCUT2D eigenvalue weighted by atomic mass is 9.87. The molecule has 0 unspecified atom stereocenters. The average Bonchev–Trinajstić information content (AvgIpc) is 3.61. The lowest BCUT2D eigenvalue weighted by molar-refractivity contribution is -0.144. The molecule has 3 aliphatic rings. The van der Waals surface area contributed by atoms with Gasteiger partial charge in [-0.05, 0) is 106 Å². The number of aliphatic carboxylic acids is 1. The fourth-order valence-corrected chi connectivity index (χ4v) is 7.00. The smallest absolute Gasteiger partial charge is 0.306 e. The highest BCUT2D eigenvalue weighted by Crippen LogP contribution is 2.31. The van der Waals surface area contributed by atoms with Crippen molar-refractivity contribution in [3.63, 3.8) is 0 Å². The second-order valence-corrected chi connectivity index (χ2v) is 12.4. The van der Waals surface area contributed by atoms with Crippen molar-refractivity contribution in [2.45, 2.75) is 82.4 Å². The van der Waals surface area contributed by atoms with Gasteiger partial charge in [-0.15, -0.1) is 0 Å². The zero-order valence-corrected chi connectivity index (χ0v) is 24.9. The Morgan fingerprint density at radius 1 is 0.977 bits per heavy atom. The van der Waals surface area contributed by atoms with Gasteiger partial charge in [0.25, 0.3) is 6.01 Å². The van der Waals surface area contributed by atoms with Crippen LogP contribution < -0.4 is 5.32 Å². The Hall–Kier alpha value is -3.57. The van der Waals surface area contributed by atoms with Crippen molar-refractivity contribution in [2.24, 2.45) is 5.92 Å². The Morgan fingerprint density at radius 2 is 1.70 bits per heavy atom. The summed E-state index contributed by atoms with van der Waals surface area (Å²) in [4.78, 5) is 33.9. The van der Waals surface area contributed by atoms with Gasteiger partial charge in [0.2, 0.25) is 5.91 Å². The molecule has 1 amide bonds. The second-order valence-electron chi connectivity index (χ2n) is 12.4. The minimum Gasteiger partial charge on any atom is -0.481 e. The number of fused-ring (bicyclic) bond motifs is 1. The number of carboxylic acids is 1. The van der Waals surface area contributed by atoms with Gasteiger partial charge in [0.15, 0.2) is 11.4 Å². The number of hydrogen-bond acceptors (Lipinski definition) is 7. The molecule has 0 radical (unpaired) electrons. The number of halogens is 2. The van der Waals surface area contributed by atoms with Crippen LogP contribution in [0.25, 0.3) is 11.1 Å². The maximum Gasteiger partial charge on any atom is 0.306 e. The zero-order valence-electron chi connectivity index (χ0n) is 24.9. The van der Waals surface area contributed by atoms with Crippen LogP contribution in [0.5, 0.6) is 0 Å². The SMILES string of the molecule is O=C(O)C1CCC(OC[C@@H]2CC[C@@H](CN3CCCCC3)N2C(=O)Cc2cc(F)c3nc(Nc4ccc(F)cc4)oc3c2)CC1. The molecule has 3 fully saturated rings. The van der Waals surface area contributed by atoms with Crippen molar-refractivity contribution in [1.29, 1.82) is 0 Å². The molecule has 11 heteroatoms. The fourth-order valence-electron chi connectivity index (χ4n) is 7.00. The first kappa shape index (κ1) is 30.5. The molecule has 1 aliphatic carbocycles. The Kier molecular flexibility index (Phi) is 9.42. The molecule has 1 aromatic heterocycles. The number of likely N-dealkylation sites (tertiary alicyclic amines) is 2. The Bertz CT molecular complexity index is 1450. The number of oxazole rings is 1. The highest BCUT2D eigenvalue weighted by atomic mass is 19.1. The number of rotatable bonds is 10. The van der Waals surface area contributed by atoms with Gasteiger partial charge in [0.05, 0.1) is 31.1 Å². The maximum atomic E-state index is 15.2. The lowest BCUT2D eigenvalue weighted by Gasteiger charge is -2.36. The zero-order chi connectivity index (χ0) is 30.6. The van der Waals surface area contributed by atoms with E-state index >= 15 is 4.39 Å². The lowest BCUT2D eigenvalue weighted by Crippen LogP contribution is -2.49. The summed E-state index contributed by atoms with van der Waals surface area (Å²) in [5.74, 6) is -2.07. The molecular weight excluding hydrogens is 570 g/mol. The van der Waals surface area contributed by atoms with E-state index in [0.29, 0.717) is 43.5 Å². The number of carbonyl (C=O) groups is 2. The van der Waals surface area contributed by atoms with Crippen molar-refractivity contribution in [3.05, 3.63) is 53.6 Å². The van der Waals surface area contributed by atoms with Crippen LogP contribution in [0, 0.1) is 17.6 Å². The van der Waals surface area contributed by atoms with Gasteiger partial charge in [-0.3, -0.25) is 9.59 Å². The summed E-state index contributed by atoms with van der Waals surface area (Å²) in [6.45, 7) is 3.31. The van der Waals surface area contributed by atoms with E-state index in [1.807, 2.05) is 4.90 Å². The number of amides is 1. The second kappa shape index (κ2) is 13.6. The van der Waals surface area contributed by atoms with Gasteiger partial charge in [-0.25, -0.2) is 8.78 Å². The van der Waals surface area contributed by atoms with Gasteiger partial charge in [-0.1, -0.05) is 6.42 Å². The van der Waals surface area contributed by atoms with Crippen LogP contribution in [-0.2, 0) is 20.7 Å². The monoisotopic (exact) mass is 610 g/mol. The first-order valence-electron chi connectivity index (χ1n) is 15.8. The Morgan fingerprint density at radius 3 is 2.43 bits per heavy atom. The third kappa shape index (κ3) is 7.21. The van der Waals surface area contributed by atoms with Gasteiger partial charge in [0.1, 0.15) is 11.3 Å². The summed E-state index contributed by atoms with van der Waals surface area (Å²) in [6.07, 6.45) is 7.96. The van der Waals surface area contributed by atoms with Crippen molar-refractivity contribution in [1.82, 2.24) is 14.8 Å². The summed E-state index contributed by atoms with van der Waals surface area (Å²) < 4.78 is 40.5. The molecule has 9 nitrogen and oxygen atoms in total. The molecule has 6 rings (SSSR count). The summed E-state index contributed by atoms with van der Waals surface area (Å²) in [7, 11) is 0.